The molecule has 470 valence electrons. The lowest BCUT2D eigenvalue weighted by Gasteiger charge is -2.48. The van der Waals surface area contributed by atoms with E-state index in [1.54, 1.807) is 6.08 Å². The second-order valence-corrected chi connectivity index (χ2v) is 22.9. The van der Waals surface area contributed by atoms with Crippen molar-refractivity contribution in [3.05, 3.63) is 24.3 Å². The Morgan fingerprint density at radius 1 is 0.438 bits per heavy atom. The lowest BCUT2D eigenvalue weighted by molar-refractivity contribution is -0.379. The van der Waals surface area contributed by atoms with Crippen LogP contribution in [-0.2, 0) is 33.2 Å². The van der Waals surface area contributed by atoms with Gasteiger partial charge < -0.3 is 89.9 Å². The summed E-state index contributed by atoms with van der Waals surface area (Å²) in [6.45, 7) is 1.51. The van der Waals surface area contributed by atoms with Crippen LogP contribution in [0.2, 0.25) is 0 Å². The Morgan fingerprint density at radius 2 is 0.800 bits per heavy atom. The fraction of sp³-hybridized carbons (Fsp3) is 0.918. The van der Waals surface area contributed by atoms with Crippen LogP contribution in [0, 0.1) is 0 Å². The summed E-state index contributed by atoms with van der Waals surface area (Å²) in [4.78, 5) is 12.9. The van der Waals surface area contributed by atoms with E-state index in [4.69, 9.17) is 28.4 Å². The van der Waals surface area contributed by atoms with Crippen LogP contribution < -0.4 is 5.32 Å². The minimum atomic E-state index is -1.98. The predicted molar refractivity (Wildman–Crippen MR) is 305 cm³/mol. The van der Waals surface area contributed by atoms with Gasteiger partial charge in [-0.15, -0.1) is 0 Å². The molecule has 12 N–H and O–H groups in total. The van der Waals surface area contributed by atoms with Gasteiger partial charge in [0.05, 0.1) is 38.6 Å². The first-order valence-corrected chi connectivity index (χ1v) is 31.6. The van der Waals surface area contributed by atoms with Crippen molar-refractivity contribution in [1.29, 1.82) is 0 Å². The van der Waals surface area contributed by atoms with Crippen LogP contribution in [0.4, 0.5) is 0 Å². The molecule has 0 spiro atoms. The van der Waals surface area contributed by atoms with Gasteiger partial charge in [-0.3, -0.25) is 4.79 Å². The molecule has 3 saturated heterocycles. The molecule has 0 radical (unpaired) electrons. The average molecular weight is 1150 g/mol. The lowest BCUT2D eigenvalue weighted by Crippen LogP contribution is -2.66. The molecule has 19 heteroatoms. The summed E-state index contributed by atoms with van der Waals surface area (Å²) >= 11 is 0. The van der Waals surface area contributed by atoms with Crippen LogP contribution in [-0.4, -0.2) is 193 Å². The zero-order valence-corrected chi connectivity index (χ0v) is 49.1. The fourth-order valence-corrected chi connectivity index (χ4v) is 10.8. The average Bonchev–Trinajstić information content (AvgIpc) is 3.47. The van der Waals surface area contributed by atoms with Crippen molar-refractivity contribution in [2.24, 2.45) is 0 Å². The van der Waals surface area contributed by atoms with Crippen LogP contribution in [0.3, 0.4) is 0 Å². The smallest absolute Gasteiger partial charge is 0.220 e. The molecule has 0 aromatic rings. The van der Waals surface area contributed by atoms with Gasteiger partial charge in [-0.2, -0.15) is 0 Å². The quantitative estimate of drug-likeness (QED) is 0.0234. The molecule has 3 heterocycles. The number of rotatable bonds is 47. The number of aliphatic hydroxyl groups excluding tert-OH is 11. The van der Waals surface area contributed by atoms with E-state index in [1.807, 2.05) is 13.0 Å². The van der Waals surface area contributed by atoms with E-state index in [0.717, 1.165) is 32.1 Å². The minimum Gasteiger partial charge on any atom is -0.394 e. The summed E-state index contributed by atoms with van der Waals surface area (Å²) in [5.74, 6) is -0.310. The molecule has 0 saturated carbocycles. The highest BCUT2D eigenvalue weighted by Crippen LogP contribution is 2.33. The van der Waals surface area contributed by atoms with E-state index in [0.29, 0.717) is 12.8 Å². The molecule has 3 fully saturated rings. The van der Waals surface area contributed by atoms with Gasteiger partial charge in [-0.25, -0.2) is 0 Å². The Bertz CT molecular complexity index is 1560. The van der Waals surface area contributed by atoms with E-state index >= 15 is 0 Å². The number of ether oxygens (including phenoxy) is 6. The number of aliphatic hydroxyl groups is 11. The molecule has 3 rings (SSSR count). The number of nitrogens with one attached hydrogen (secondary N) is 1. The van der Waals surface area contributed by atoms with Crippen molar-refractivity contribution in [1.82, 2.24) is 5.32 Å². The lowest BCUT2D eigenvalue weighted by atomic mass is 9.96. The summed E-state index contributed by atoms with van der Waals surface area (Å²) in [5, 5.41) is 119. The molecule has 17 unspecified atom stereocenters. The molecule has 19 nitrogen and oxygen atoms in total. The van der Waals surface area contributed by atoms with Crippen molar-refractivity contribution in [3.8, 4) is 0 Å². The fourth-order valence-electron chi connectivity index (χ4n) is 10.8. The topological polar surface area (TPSA) is 307 Å². The molecular weight excluding hydrogens is 1030 g/mol. The second-order valence-electron chi connectivity index (χ2n) is 22.9. The Balaban J connectivity index is 1.30. The van der Waals surface area contributed by atoms with Gasteiger partial charge in [0.25, 0.3) is 0 Å². The Labute approximate surface area is 479 Å². The monoisotopic (exact) mass is 1150 g/mol. The SMILES string of the molecule is CCCCCCCCCCCCCCCCCCCCCCCCCCCC/C=C/CC/C=C/C(O)C(COC1OC(CO)C(OC2OC(CO)C(OC3OC(CO)C(O)C(O)C3O)C(O)C2O)C(O)C1O)NC(=O)CCCCC. The first-order chi connectivity index (χ1) is 38.8. The van der Waals surface area contributed by atoms with Crippen LogP contribution in [0.5, 0.6) is 0 Å². The maximum Gasteiger partial charge on any atom is 0.220 e. The molecular formula is C61H113NO18. The van der Waals surface area contributed by atoms with Gasteiger partial charge in [0.2, 0.25) is 5.91 Å². The normalized spacial score (nSPS) is 30.1. The molecule has 1 amide bonds. The van der Waals surface area contributed by atoms with E-state index in [-0.39, 0.29) is 18.9 Å². The van der Waals surface area contributed by atoms with Gasteiger partial charge in [0.15, 0.2) is 18.9 Å². The van der Waals surface area contributed by atoms with Gasteiger partial charge in [-0.1, -0.05) is 212 Å². The number of hydrogen-bond acceptors (Lipinski definition) is 18. The number of hydrogen-bond donors (Lipinski definition) is 12. The van der Waals surface area contributed by atoms with Crippen molar-refractivity contribution >= 4 is 5.91 Å². The largest absolute Gasteiger partial charge is 0.394 e. The van der Waals surface area contributed by atoms with Gasteiger partial charge >= 0.3 is 0 Å². The highest BCUT2D eigenvalue weighted by Gasteiger charge is 2.53. The van der Waals surface area contributed by atoms with Crippen molar-refractivity contribution in [2.45, 2.75) is 330 Å². The number of allylic oxidation sites excluding steroid dienone is 3. The number of amides is 1. The third-order valence-electron chi connectivity index (χ3n) is 16.0. The van der Waals surface area contributed by atoms with Crippen LogP contribution in [0.15, 0.2) is 24.3 Å². The second kappa shape index (κ2) is 44.7. The summed E-state index contributed by atoms with van der Waals surface area (Å²) in [6.07, 6.45) is 21.9. The number of carbonyl (C=O) groups is 1. The Hall–Kier alpha value is -1.73. The maximum atomic E-state index is 12.9. The zero-order chi connectivity index (χ0) is 58.3. The van der Waals surface area contributed by atoms with Crippen molar-refractivity contribution in [2.75, 3.05) is 26.4 Å². The summed E-state index contributed by atoms with van der Waals surface area (Å²) in [7, 11) is 0. The number of unbranched alkanes of at least 4 members (excludes halogenated alkanes) is 29. The zero-order valence-electron chi connectivity index (χ0n) is 49.1. The minimum absolute atomic E-state index is 0.222. The summed E-state index contributed by atoms with van der Waals surface area (Å²) in [6, 6.07) is -0.982. The van der Waals surface area contributed by atoms with Crippen LogP contribution in [0.25, 0.3) is 0 Å². The highest BCUT2D eigenvalue weighted by molar-refractivity contribution is 5.76. The molecule has 0 bridgehead atoms. The third-order valence-corrected chi connectivity index (χ3v) is 16.0. The highest BCUT2D eigenvalue weighted by atomic mass is 16.8. The van der Waals surface area contributed by atoms with E-state index in [2.05, 4.69) is 24.4 Å². The summed E-state index contributed by atoms with van der Waals surface area (Å²) < 4.78 is 34.0. The van der Waals surface area contributed by atoms with Gasteiger partial charge in [0.1, 0.15) is 73.2 Å². The first kappa shape index (κ1) is 72.5. The van der Waals surface area contributed by atoms with Crippen molar-refractivity contribution in [3.63, 3.8) is 0 Å². The molecule has 0 aliphatic carbocycles. The van der Waals surface area contributed by atoms with E-state index in [1.165, 1.54) is 161 Å². The maximum absolute atomic E-state index is 12.9. The molecule has 0 aromatic carbocycles. The van der Waals surface area contributed by atoms with Crippen LogP contribution in [0.1, 0.15) is 226 Å². The molecule has 3 aliphatic heterocycles. The predicted octanol–water partition coefficient (Wildman–Crippen LogP) is 6.32. The van der Waals surface area contributed by atoms with E-state index in [9.17, 15) is 61.0 Å². The third kappa shape index (κ3) is 28.0. The van der Waals surface area contributed by atoms with E-state index < -0.39 is 124 Å². The standard InChI is InChI=1S/C61H113NO18/c1-3-5-7-8-9-10-11-12-13-14-15-16-17-18-19-20-21-22-23-24-25-26-27-28-29-30-31-32-33-34-35-37-38-45(66)44(62-49(67)39-36-6-4-2)43-75-59-55(73)52(70)57(47(41-64)77-59)80-61-56(74)53(71)58(48(42-65)78-61)79-60-54(72)51(69)50(68)46(40-63)76-60/h32-33,37-38,44-48,50-61,63-66,68-74H,3-31,34-36,39-43H2,1-2H3,(H,62,67)/b33-32+,38-37+. The Kier molecular flexibility index (Phi) is 40.5. The molecule has 17 atom stereocenters. The molecule has 80 heavy (non-hydrogen) atoms. The first-order valence-electron chi connectivity index (χ1n) is 31.6. The van der Waals surface area contributed by atoms with Gasteiger partial charge in [0, 0.05) is 6.42 Å². The molecule has 3 aliphatic rings. The molecule has 0 aromatic heterocycles. The Morgan fingerprint density at radius 3 is 1.25 bits per heavy atom. The number of carbonyl (C=O) groups excluding carboxylic acids is 1. The van der Waals surface area contributed by atoms with Crippen molar-refractivity contribution < 1.29 is 89.4 Å². The van der Waals surface area contributed by atoms with Crippen LogP contribution >= 0.6 is 0 Å². The van der Waals surface area contributed by atoms with Gasteiger partial charge in [-0.05, 0) is 32.1 Å². The summed E-state index contributed by atoms with van der Waals surface area (Å²) in [5.41, 5.74) is 0.